The molecule has 1 amide bonds. The topological polar surface area (TPSA) is 84.9 Å². The first-order valence-electron chi connectivity index (χ1n) is 8.55. The Balaban J connectivity index is 1.69. The molecule has 1 fully saturated rings. The Morgan fingerprint density at radius 1 is 1.04 bits per heavy atom. The number of carbonyl (C=O) groups is 1. The number of benzene rings is 2. The molecule has 1 aliphatic rings. The Bertz CT molecular complexity index is 926. The van der Waals surface area contributed by atoms with Crippen molar-refractivity contribution >= 4 is 21.6 Å². The van der Waals surface area contributed by atoms with Gasteiger partial charge in [0.05, 0.1) is 19.1 Å². The molecule has 0 radical (unpaired) electrons. The number of amides is 1. The van der Waals surface area contributed by atoms with Crippen LogP contribution in [0.3, 0.4) is 0 Å². The highest BCUT2D eigenvalue weighted by Gasteiger charge is 2.21. The second-order valence-corrected chi connectivity index (χ2v) is 7.92. The number of anilines is 1. The van der Waals surface area contributed by atoms with Gasteiger partial charge in [-0.2, -0.15) is 0 Å². The normalized spacial score (nSPS) is 14.4. The fraction of sp³-hybridized carbons (Fsp3) is 0.316. The van der Waals surface area contributed by atoms with Gasteiger partial charge in [-0.05, 0) is 36.2 Å². The first kappa shape index (κ1) is 19.2. The van der Waals surface area contributed by atoms with Crippen molar-refractivity contribution in [2.75, 3.05) is 25.7 Å². The lowest BCUT2D eigenvalue weighted by Gasteiger charge is -2.16. The van der Waals surface area contributed by atoms with Gasteiger partial charge in [-0.3, -0.25) is 4.79 Å². The summed E-state index contributed by atoms with van der Waals surface area (Å²) in [6.45, 7) is 0.870. The van der Waals surface area contributed by atoms with Gasteiger partial charge in [-0.1, -0.05) is 12.1 Å². The molecule has 0 atom stereocenters. The van der Waals surface area contributed by atoms with E-state index in [0.29, 0.717) is 17.9 Å². The Morgan fingerprint density at radius 2 is 1.74 bits per heavy atom. The van der Waals surface area contributed by atoms with E-state index in [1.54, 1.807) is 11.0 Å². The fourth-order valence-electron chi connectivity index (χ4n) is 2.96. The monoisotopic (exact) mass is 390 g/mol. The van der Waals surface area contributed by atoms with E-state index in [1.165, 1.54) is 26.4 Å². The first-order chi connectivity index (χ1) is 12.9. The van der Waals surface area contributed by atoms with Crippen LogP contribution in [0.1, 0.15) is 18.4 Å². The van der Waals surface area contributed by atoms with E-state index >= 15 is 0 Å². The molecular formula is C19H22N2O5S. The Morgan fingerprint density at radius 3 is 2.33 bits per heavy atom. The molecule has 0 bridgehead atoms. The highest BCUT2D eigenvalue weighted by Crippen LogP contribution is 2.29. The summed E-state index contributed by atoms with van der Waals surface area (Å²) in [5.74, 6) is 0.931. The average Bonchev–Trinajstić information content (AvgIpc) is 3.12. The van der Waals surface area contributed by atoms with Crippen molar-refractivity contribution in [2.24, 2.45) is 0 Å². The number of nitrogens with zero attached hydrogens (tertiary/aromatic N) is 1. The van der Waals surface area contributed by atoms with E-state index in [-0.39, 0.29) is 17.3 Å². The molecule has 0 aromatic heterocycles. The molecule has 27 heavy (non-hydrogen) atoms. The van der Waals surface area contributed by atoms with Crippen LogP contribution in [0.15, 0.2) is 47.4 Å². The smallest absolute Gasteiger partial charge is 0.241 e. The number of sulfonamides is 1. The molecule has 7 nitrogen and oxygen atoms in total. The third-order valence-electron chi connectivity index (χ3n) is 4.45. The standard InChI is InChI=1S/C19H22N2O5S/c1-25-17-10-9-16(12-18(17)26-2)27(23,24)20-13-14-5-7-15(8-6-14)21-11-3-4-19(21)22/h5-10,12,20H,3-4,11,13H2,1-2H3. The van der Waals surface area contributed by atoms with Gasteiger partial charge in [0, 0.05) is 31.3 Å². The summed E-state index contributed by atoms with van der Waals surface area (Å²) in [7, 11) is -0.758. The third-order valence-corrected chi connectivity index (χ3v) is 5.85. The van der Waals surface area contributed by atoms with Gasteiger partial charge in [0.15, 0.2) is 11.5 Å². The lowest BCUT2D eigenvalue weighted by molar-refractivity contribution is -0.117. The number of nitrogens with one attached hydrogen (secondary N) is 1. The van der Waals surface area contributed by atoms with Crippen LogP contribution in [0.25, 0.3) is 0 Å². The highest BCUT2D eigenvalue weighted by atomic mass is 32.2. The number of ether oxygens (including phenoxy) is 2. The van der Waals surface area contributed by atoms with Crippen LogP contribution >= 0.6 is 0 Å². The number of carbonyl (C=O) groups excluding carboxylic acids is 1. The van der Waals surface area contributed by atoms with Gasteiger partial charge in [-0.25, -0.2) is 13.1 Å². The van der Waals surface area contributed by atoms with Crippen LogP contribution in [-0.4, -0.2) is 35.1 Å². The molecule has 144 valence electrons. The lowest BCUT2D eigenvalue weighted by atomic mass is 10.2. The van der Waals surface area contributed by atoms with E-state index in [4.69, 9.17) is 9.47 Å². The third kappa shape index (κ3) is 4.23. The lowest BCUT2D eigenvalue weighted by Crippen LogP contribution is -2.24. The van der Waals surface area contributed by atoms with Gasteiger partial charge < -0.3 is 14.4 Å². The van der Waals surface area contributed by atoms with Crippen molar-refractivity contribution in [3.05, 3.63) is 48.0 Å². The largest absolute Gasteiger partial charge is 0.493 e. The van der Waals surface area contributed by atoms with E-state index in [2.05, 4.69) is 4.72 Å². The second kappa shape index (κ2) is 7.98. The van der Waals surface area contributed by atoms with Gasteiger partial charge >= 0.3 is 0 Å². The van der Waals surface area contributed by atoms with Crippen molar-refractivity contribution in [1.29, 1.82) is 0 Å². The Kier molecular flexibility index (Phi) is 5.67. The maximum atomic E-state index is 12.5. The molecule has 0 saturated carbocycles. The van der Waals surface area contributed by atoms with E-state index in [0.717, 1.165) is 24.2 Å². The summed E-state index contributed by atoms with van der Waals surface area (Å²) in [6, 6.07) is 11.7. The zero-order valence-corrected chi connectivity index (χ0v) is 16.1. The van der Waals surface area contributed by atoms with Crippen LogP contribution in [0.5, 0.6) is 11.5 Å². The SMILES string of the molecule is COc1ccc(S(=O)(=O)NCc2ccc(N3CCCC3=O)cc2)cc1OC. The zero-order chi connectivity index (χ0) is 19.4. The zero-order valence-electron chi connectivity index (χ0n) is 15.3. The minimum absolute atomic E-state index is 0.0967. The van der Waals surface area contributed by atoms with Crippen molar-refractivity contribution < 1.29 is 22.7 Å². The molecule has 2 aromatic rings. The molecule has 8 heteroatoms. The van der Waals surface area contributed by atoms with Crippen LogP contribution in [0.2, 0.25) is 0 Å². The predicted molar refractivity (Wildman–Crippen MR) is 102 cm³/mol. The minimum Gasteiger partial charge on any atom is -0.493 e. The van der Waals surface area contributed by atoms with Crippen molar-refractivity contribution in [3.63, 3.8) is 0 Å². The number of rotatable bonds is 7. The van der Waals surface area contributed by atoms with E-state index in [1.807, 2.05) is 24.3 Å². The van der Waals surface area contributed by atoms with E-state index < -0.39 is 10.0 Å². The molecule has 0 spiro atoms. The molecule has 1 saturated heterocycles. The van der Waals surface area contributed by atoms with Gasteiger partial charge in [0.1, 0.15) is 0 Å². The van der Waals surface area contributed by atoms with Gasteiger partial charge in [-0.15, -0.1) is 0 Å². The van der Waals surface area contributed by atoms with Crippen LogP contribution < -0.4 is 19.1 Å². The predicted octanol–water partition coefficient (Wildman–Crippen LogP) is 2.31. The summed E-state index contributed by atoms with van der Waals surface area (Å²) >= 11 is 0. The Hall–Kier alpha value is -2.58. The maximum Gasteiger partial charge on any atom is 0.241 e. The quantitative estimate of drug-likeness (QED) is 0.784. The summed E-state index contributed by atoms with van der Waals surface area (Å²) < 4.78 is 37.9. The molecule has 2 aromatic carbocycles. The van der Waals surface area contributed by atoms with Crippen LogP contribution in [0, 0.1) is 0 Å². The number of hydrogen-bond acceptors (Lipinski definition) is 5. The molecule has 1 aliphatic heterocycles. The van der Waals surface area contributed by atoms with Gasteiger partial charge in [0.2, 0.25) is 15.9 Å². The molecule has 0 unspecified atom stereocenters. The molecular weight excluding hydrogens is 368 g/mol. The first-order valence-corrected chi connectivity index (χ1v) is 10.0. The molecule has 1 N–H and O–H groups in total. The Labute approximate surface area is 158 Å². The van der Waals surface area contributed by atoms with Crippen molar-refractivity contribution in [1.82, 2.24) is 4.72 Å². The second-order valence-electron chi connectivity index (χ2n) is 6.16. The fourth-order valence-corrected chi connectivity index (χ4v) is 3.99. The molecule has 3 rings (SSSR count). The van der Waals surface area contributed by atoms with E-state index in [9.17, 15) is 13.2 Å². The summed E-state index contributed by atoms with van der Waals surface area (Å²) in [6.07, 6.45) is 1.44. The van der Waals surface area contributed by atoms with Crippen molar-refractivity contribution in [2.45, 2.75) is 24.3 Å². The number of methoxy groups -OCH3 is 2. The summed E-state index contributed by atoms with van der Waals surface area (Å²) in [5, 5.41) is 0. The number of hydrogen-bond donors (Lipinski definition) is 1. The molecule has 1 heterocycles. The summed E-state index contributed by atoms with van der Waals surface area (Å²) in [4.78, 5) is 13.6. The summed E-state index contributed by atoms with van der Waals surface area (Å²) in [5.41, 5.74) is 1.64. The maximum absolute atomic E-state index is 12.5. The van der Waals surface area contributed by atoms with Crippen molar-refractivity contribution in [3.8, 4) is 11.5 Å². The van der Waals surface area contributed by atoms with Crippen LogP contribution in [0.4, 0.5) is 5.69 Å². The highest BCUT2D eigenvalue weighted by molar-refractivity contribution is 7.89. The molecule has 0 aliphatic carbocycles. The average molecular weight is 390 g/mol. The minimum atomic E-state index is -3.70. The van der Waals surface area contributed by atoms with Gasteiger partial charge in [0.25, 0.3) is 0 Å². The van der Waals surface area contributed by atoms with Crippen LogP contribution in [-0.2, 0) is 21.4 Å².